The molecule has 0 bridgehead atoms. The van der Waals surface area contributed by atoms with Gasteiger partial charge >= 0.3 is 0 Å². The van der Waals surface area contributed by atoms with E-state index in [0.717, 1.165) is 29.8 Å². The standard InChI is InChI=1S/C11H16BrClN4/c12-9-8-15-11(13)16-10(9)14-4-3-7-17-5-1-2-6-17/h8H,1-7H2,(H,14,15,16). The van der Waals surface area contributed by atoms with Crippen LogP contribution in [0.2, 0.25) is 5.28 Å². The molecule has 6 heteroatoms. The maximum atomic E-state index is 5.74. The summed E-state index contributed by atoms with van der Waals surface area (Å²) in [5.41, 5.74) is 0. The SMILES string of the molecule is Clc1ncc(Br)c(NCCCN2CCCC2)n1. The van der Waals surface area contributed by atoms with Crippen LogP contribution in [-0.4, -0.2) is 41.0 Å². The number of nitrogens with zero attached hydrogens (tertiary/aromatic N) is 3. The second kappa shape index (κ2) is 6.52. The lowest BCUT2D eigenvalue weighted by Gasteiger charge is -2.14. The fraction of sp³-hybridized carbons (Fsp3) is 0.636. The highest BCUT2D eigenvalue weighted by molar-refractivity contribution is 9.10. The van der Waals surface area contributed by atoms with Crippen molar-refractivity contribution in [2.45, 2.75) is 19.3 Å². The first-order valence-corrected chi connectivity index (χ1v) is 7.07. The van der Waals surface area contributed by atoms with E-state index in [9.17, 15) is 0 Å². The van der Waals surface area contributed by atoms with Crippen molar-refractivity contribution >= 4 is 33.3 Å². The molecule has 1 aromatic rings. The smallest absolute Gasteiger partial charge is 0.224 e. The van der Waals surface area contributed by atoms with Crippen molar-refractivity contribution in [2.75, 3.05) is 31.5 Å². The van der Waals surface area contributed by atoms with Crippen LogP contribution in [0.3, 0.4) is 0 Å². The van der Waals surface area contributed by atoms with Crippen molar-refractivity contribution in [3.8, 4) is 0 Å². The number of likely N-dealkylation sites (tertiary alicyclic amines) is 1. The molecule has 0 saturated carbocycles. The topological polar surface area (TPSA) is 41.1 Å². The van der Waals surface area contributed by atoms with Crippen molar-refractivity contribution < 1.29 is 0 Å². The van der Waals surface area contributed by atoms with Gasteiger partial charge in [-0.05, 0) is 66.4 Å². The van der Waals surface area contributed by atoms with Gasteiger partial charge < -0.3 is 10.2 Å². The summed E-state index contributed by atoms with van der Waals surface area (Å²) in [6, 6.07) is 0. The Hall–Kier alpha value is -0.390. The third-order valence-corrected chi connectivity index (χ3v) is 3.62. The number of aromatic nitrogens is 2. The molecule has 0 aromatic carbocycles. The minimum Gasteiger partial charge on any atom is -0.369 e. The second-order valence-electron chi connectivity index (χ2n) is 4.16. The number of rotatable bonds is 5. The van der Waals surface area contributed by atoms with Crippen LogP contribution in [-0.2, 0) is 0 Å². The zero-order valence-electron chi connectivity index (χ0n) is 9.62. The Morgan fingerprint density at radius 1 is 1.41 bits per heavy atom. The van der Waals surface area contributed by atoms with Crippen molar-refractivity contribution in [2.24, 2.45) is 0 Å². The average Bonchev–Trinajstić information content (AvgIpc) is 2.82. The van der Waals surface area contributed by atoms with Gasteiger partial charge in [-0.15, -0.1) is 0 Å². The van der Waals surface area contributed by atoms with E-state index in [-0.39, 0.29) is 5.28 Å². The zero-order chi connectivity index (χ0) is 12.1. The van der Waals surface area contributed by atoms with E-state index >= 15 is 0 Å². The Balaban J connectivity index is 1.72. The summed E-state index contributed by atoms with van der Waals surface area (Å²) in [6.45, 7) is 4.57. The molecule has 1 aromatic heterocycles. The van der Waals surface area contributed by atoms with Gasteiger partial charge in [0.05, 0.1) is 4.47 Å². The van der Waals surface area contributed by atoms with Gasteiger partial charge in [0.2, 0.25) is 5.28 Å². The van der Waals surface area contributed by atoms with Crippen molar-refractivity contribution in [1.29, 1.82) is 0 Å². The molecule has 0 aliphatic carbocycles. The van der Waals surface area contributed by atoms with E-state index in [4.69, 9.17) is 11.6 Å². The normalized spacial score (nSPS) is 16.4. The maximum Gasteiger partial charge on any atom is 0.224 e. The van der Waals surface area contributed by atoms with Gasteiger partial charge in [0.1, 0.15) is 5.82 Å². The molecular weight excluding hydrogens is 304 g/mol. The van der Waals surface area contributed by atoms with E-state index in [1.807, 2.05) is 0 Å². The van der Waals surface area contributed by atoms with Crippen LogP contribution in [0.5, 0.6) is 0 Å². The summed E-state index contributed by atoms with van der Waals surface area (Å²) < 4.78 is 0.850. The molecule has 1 fully saturated rings. The Labute approximate surface area is 115 Å². The number of hydrogen-bond donors (Lipinski definition) is 1. The fourth-order valence-corrected chi connectivity index (χ4v) is 2.45. The predicted octanol–water partition coefficient (Wildman–Crippen LogP) is 2.79. The van der Waals surface area contributed by atoms with E-state index in [2.05, 4.69) is 36.1 Å². The monoisotopic (exact) mass is 318 g/mol. The van der Waals surface area contributed by atoms with Gasteiger partial charge in [0.25, 0.3) is 0 Å². The molecule has 0 spiro atoms. The summed E-state index contributed by atoms with van der Waals surface area (Å²) in [7, 11) is 0. The Kier molecular flexibility index (Phi) is 5.00. The van der Waals surface area contributed by atoms with Crippen LogP contribution >= 0.6 is 27.5 Å². The predicted molar refractivity (Wildman–Crippen MR) is 73.5 cm³/mol. The van der Waals surface area contributed by atoms with Gasteiger partial charge in [-0.1, -0.05) is 0 Å². The summed E-state index contributed by atoms with van der Waals surface area (Å²) in [5.74, 6) is 0.770. The highest BCUT2D eigenvalue weighted by Crippen LogP contribution is 2.19. The van der Waals surface area contributed by atoms with Crippen LogP contribution in [0, 0.1) is 0 Å². The van der Waals surface area contributed by atoms with Gasteiger partial charge in [-0.25, -0.2) is 4.98 Å². The minimum atomic E-state index is 0.273. The molecule has 0 amide bonds. The van der Waals surface area contributed by atoms with E-state index in [1.54, 1.807) is 6.20 Å². The zero-order valence-corrected chi connectivity index (χ0v) is 12.0. The quantitative estimate of drug-likeness (QED) is 0.669. The molecule has 2 rings (SSSR count). The van der Waals surface area contributed by atoms with Crippen LogP contribution in [0.15, 0.2) is 10.7 Å². The first-order valence-electron chi connectivity index (χ1n) is 5.90. The molecule has 2 heterocycles. The molecule has 17 heavy (non-hydrogen) atoms. The van der Waals surface area contributed by atoms with Crippen molar-refractivity contribution in [1.82, 2.24) is 14.9 Å². The molecule has 94 valence electrons. The van der Waals surface area contributed by atoms with Crippen LogP contribution in [0.4, 0.5) is 5.82 Å². The van der Waals surface area contributed by atoms with Gasteiger partial charge in [-0.3, -0.25) is 0 Å². The van der Waals surface area contributed by atoms with E-state index in [0.29, 0.717) is 0 Å². The van der Waals surface area contributed by atoms with E-state index in [1.165, 1.54) is 25.9 Å². The van der Waals surface area contributed by atoms with Gasteiger partial charge in [0.15, 0.2) is 0 Å². The lowest BCUT2D eigenvalue weighted by atomic mass is 10.4. The molecule has 0 atom stereocenters. The Morgan fingerprint density at radius 3 is 2.94 bits per heavy atom. The molecule has 0 unspecified atom stereocenters. The summed E-state index contributed by atoms with van der Waals surface area (Å²) in [5, 5.41) is 3.54. The van der Waals surface area contributed by atoms with Crippen LogP contribution < -0.4 is 5.32 Å². The number of anilines is 1. The van der Waals surface area contributed by atoms with Crippen LogP contribution in [0.1, 0.15) is 19.3 Å². The van der Waals surface area contributed by atoms with Gasteiger partial charge in [-0.2, -0.15) is 4.98 Å². The van der Waals surface area contributed by atoms with E-state index < -0.39 is 0 Å². The molecule has 1 aliphatic rings. The first kappa shape index (κ1) is 13.1. The maximum absolute atomic E-state index is 5.74. The summed E-state index contributed by atoms with van der Waals surface area (Å²) in [4.78, 5) is 10.5. The largest absolute Gasteiger partial charge is 0.369 e. The molecule has 1 N–H and O–H groups in total. The fourth-order valence-electron chi connectivity index (χ4n) is 1.99. The number of halogens is 2. The van der Waals surface area contributed by atoms with Crippen molar-refractivity contribution in [3.05, 3.63) is 16.0 Å². The highest BCUT2D eigenvalue weighted by atomic mass is 79.9. The lowest BCUT2D eigenvalue weighted by Crippen LogP contribution is -2.22. The summed E-state index contributed by atoms with van der Waals surface area (Å²) in [6.07, 6.45) is 5.48. The third kappa shape index (κ3) is 4.08. The Bertz CT molecular complexity index is 368. The molecule has 0 radical (unpaired) electrons. The number of hydrogen-bond acceptors (Lipinski definition) is 4. The summed E-state index contributed by atoms with van der Waals surface area (Å²) >= 11 is 9.13. The molecule has 1 saturated heterocycles. The Morgan fingerprint density at radius 2 is 2.18 bits per heavy atom. The average molecular weight is 320 g/mol. The second-order valence-corrected chi connectivity index (χ2v) is 5.36. The van der Waals surface area contributed by atoms with Gasteiger partial charge in [0, 0.05) is 12.7 Å². The van der Waals surface area contributed by atoms with Crippen molar-refractivity contribution in [3.63, 3.8) is 0 Å². The third-order valence-electron chi connectivity index (χ3n) is 2.86. The molecular formula is C11H16BrClN4. The molecule has 1 aliphatic heterocycles. The molecule has 4 nitrogen and oxygen atoms in total. The number of nitrogens with one attached hydrogen (secondary N) is 1. The van der Waals surface area contributed by atoms with Crippen LogP contribution in [0.25, 0.3) is 0 Å². The minimum absolute atomic E-state index is 0.273. The lowest BCUT2D eigenvalue weighted by molar-refractivity contribution is 0.337. The highest BCUT2D eigenvalue weighted by Gasteiger charge is 2.10. The first-order chi connectivity index (χ1) is 8.25.